The van der Waals surface area contributed by atoms with Crippen LogP contribution in [0.4, 0.5) is 8.78 Å². The van der Waals surface area contributed by atoms with E-state index in [9.17, 15) is 13.6 Å². The first-order valence-corrected chi connectivity index (χ1v) is 5.26. The number of Topliss-reactive ketones (excluding diaryl/α,β-unsaturated/α-hetero) is 1. The van der Waals surface area contributed by atoms with E-state index < -0.39 is 17.0 Å². The van der Waals surface area contributed by atoms with Gasteiger partial charge in [0, 0.05) is 5.56 Å². The molecule has 0 unspecified atom stereocenters. The highest BCUT2D eigenvalue weighted by atomic mass is 79.9. The quantitative estimate of drug-likeness (QED) is 0.625. The molecule has 0 radical (unpaired) electrons. The fourth-order valence-electron chi connectivity index (χ4n) is 1.01. The highest BCUT2D eigenvalue weighted by Gasteiger charge is 2.37. The average Bonchev–Trinajstić information content (AvgIpc) is 2.28. The van der Waals surface area contributed by atoms with Gasteiger partial charge in [0.25, 0.3) is 0 Å². The van der Waals surface area contributed by atoms with Crippen molar-refractivity contribution in [3.8, 4) is 5.75 Å². The molecule has 0 bridgehead atoms. The zero-order valence-electron chi connectivity index (χ0n) is 7.97. The van der Waals surface area contributed by atoms with E-state index in [1.54, 1.807) is 0 Å². The minimum Gasteiger partial charge on any atom is -0.497 e. The van der Waals surface area contributed by atoms with Crippen LogP contribution in [-0.2, 0) is 0 Å². The molecular formula is C10H9BrF2O2. The van der Waals surface area contributed by atoms with Crippen LogP contribution in [0.2, 0.25) is 0 Å². The topological polar surface area (TPSA) is 26.3 Å². The van der Waals surface area contributed by atoms with E-state index >= 15 is 0 Å². The maximum Gasteiger partial charge on any atom is 0.319 e. The second-order valence-corrected chi connectivity index (χ2v) is 3.46. The van der Waals surface area contributed by atoms with Crippen molar-refractivity contribution in [3.05, 3.63) is 29.8 Å². The Morgan fingerprint density at radius 3 is 2.33 bits per heavy atom. The SMILES string of the molecule is COc1ccc(C(=O)C(F)(F)CBr)cc1. The molecule has 82 valence electrons. The van der Waals surface area contributed by atoms with Crippen LogP contribution in [0.5, 0.6) is 5.75 Å². The zero-order valence-corrected chi connectivity index (χ0v) is 9.55. The summed E-state index contributed by atoms with van der Waals surface area (Å²) >= 11 is 2.60. The van der Waals surface area contributed by atoms with E-state index in [0.29, 0.717) is 5.75 Å². The maximum atomic E-state index is 13.0. The molecule has 5 heteroatoms. The standard InChI is InChI=1S/C10H9BrF2O2/c1-15-8-4-2-7(3-5-8)9(14)10(12,13)6-11/h2-5H,6H2,1H3. The summed E-state index contributed by atoms with van der Waals surface area (Å²) in [6, 6.07) is 5.57. The fourth-order valence-corrected chi connectivity index (χ4v) is 1.27. The van der Waals surface area contributed by atoms with Gasteiger partial charge in [-0.3, -0.25) is 4.79 Å². The van der Waals surface area contributed by atoms with Gasteiger partial charge in [0.1, 0.15) is 5.75 Å². The number of benzene rings is 1. The van der Waals surface area contributed by atoms with Crippen LogP contribution >= 0.6 is 15.9 Å². The smallest absolute Gasteiger partial charge is 0.319 e. The van der Waals surface area contributed by atoms with Gasteiger partial charge in [-0.1, -0.05) is 15.9 Å². The van der Waals surface area contributed by atoms with Crippen LogP contribution in [-0.4, -0.2) is 24.1 Å². The van der Waals surface area contributed by atoms with Crippen molar-refractivity contribution in [2.75, 3.05) is 12.4 Å². The molecule has 0 aromatic heterocycles. The molecule has 0 atom stereocenters. The first-order valence-electron chi connectivity index (χ1n) is 4.14. The van der Waals surface area contributed by atoms with Gasteiger partial charge in [-0.05, 0) is 24.3 Å². The Kier molecular flexibility index (Phi) is 3.79. The maximum absolute atomic E-state index is 13.0. The first-order chi connectivity index (χ1) is 7.01. The molecule has 0 aliphatic heterocycles. The molecule has 0 N–H and O–H groups in total. The lowest BCUT2D eigenvalue weighted by Gasteiger charge is -2.11. The Morgan fingerprint density at radius 2 is 1.93 bits per heavy atom. The van der Waals surface area contributed by atoms with Crippen LogP contribution in [0.25, 0.3) is 0 Å². The number of alkyl halides is 3. The van der Waals surface area contributed by atoms with Crippen LogP contribution in [0.15, 0.2) is 24.3 Å². The second kappa shape index (κ2) is 4.70. The van der Waals surface area contributed by atoms with Gasteiger partial charge in [0.2, 0.25) is 5.78 Å². The highest BCUT2D eigenvalue weighted by Crippen LogP contribution is 2.23. The monoisotopic (exact) mass is 278 g/mol. The van der Waals surface area contributed by atoms with E-state index in [1.165, 1.54) is 31.4 Å². The molecule has 1 aromatic carbocycles. The van der Waals surface area contributed by atoms with E-state index in [1.807, 2.05) is 0 Å². The van der Waals surface area contributed by atoms with Crippen molar-refractivity contribution in [2.24, 2.45) is 0 Å². The molecule has 15 heavy (non-hydrogen) atoms. The van der Waals surface area contributed by atoms with Crippen LogP contribution in [0.1, 0.15) is 10.4 Å². The number of rotatable bonds is 4. The lowest BCUT2D eigenvalue weighted by molar-refractivity contribution is 0.0257. The van der Waals surface area contributed by atoms with E-state index in [2.05, 4.69) is 15.9 Å². The van der Waals surface area contributed by atoms with Gasteiger partial charge in [-0.2, -0.15) is 8.78 Å². The number of hydrogen-bond donors (Lipinski definition) is 0. The van der Waals surface area contributed by atoms with Gasteiger partial charge in [0.15, 0.2) is 0 Å². The molecule has 0 fully saturated rings. The normalized spacial score (nSPS) is 11.2. The number of methoxy groups -OCH3 is 1. The Hall–Kier alpha value is -0.970. The summed E-state index contributed by atoms with van der Waals surface area (Å²) in [6.45, 7) is 0. The third-order valence-corrected chi connectivity index (χ3v) is 2.56. The molecule has 0 amide bonds. The van der Waals surface area contributed by atoms with Crippen LogP contribution in [0, 0.1) is 0 Å². The minimum absolute atomic E-state index is 0.0275. The molecule has 1 rings (SSSR count). The van der Waals surface area contributed by atoms with Crippen molar-refractivity contribution in [2.45, 2.75) is 5.92 Å². The van der Waals surface area contributed by atoms with Gasteiger partial charge < -0.3 is 4.74 Å². The van der Waals surface area contributed by atoms with E-state index in [4.69, 9.17) is 4.74 Å². The van der Waals surface area contributed by atoms with Crippen molar-refractivity contribution in [1.82, 2.24) is 0 Å². The predicted octanol–water partition coefficient (Wildman–Crippen LogP) is 2.91. The number of ether oxygens (including phenoxy) is 1. The van der Waals surface area contributed by atoms with Crippen molar-refractivity contribution >= 4 is 21.7 Å². The third kappa shape index (κ3) is 2.75. The van der Waals surface area contributed by atoms with Gasteiger partial charge >= 0.3 is 5.92 Å². The Bertz CT molecular complexity index is 349. The van der Waals surface area contributed by atoms with Crippen molar-refractivity contribution < 1.29 is 18.3 Å². The molecule has 2 nitrogen and oxygen atoms in total. The number of hydrogen-bond acceptors (Lipinski definition) is 2. The summed E-state index contributed by atoms with van der Waals surface area (Å²) in [4.78, 5) is 11.3. The largest absolute Gasteiger partial charge is 0.497 e. The first kappa shape index (κ1) is 12.1. The summed E-state index contributed by atoms with van der Waals surface area (Å²) in [5.74, 6) is -4.04. The highest BCUT2D eigenvalue weighted by molar-refractivity contribution is 9.09. The lowest BCUT2D eigenvalue weighted by Crippen LogP contribution is -2.30. The van der Waals surface area contributed by atoms with Gasteiger partial charge in [-0.15, -0.1) is 0 Å². The van der Waals surface area contributed by atoms with Gasteiger partial charge in [0.05, 0.1) is 12.4 Å². The van der Waals surface area contributed by atoms with Crippen molar-refractivity contribution in [3.63, 3.8) is 0 Å². The number of halogens is 3. The van der Waals surface area contributed by atoms with Gasteiger partial charge in [-0.25, -0.2) is 0 Å². The Balaban J connectivity index is 2.92. The molecule has 0 saturated carbocycles. The van der Waals surface area contributed by atoms with E-state index in [0.717, 1.165) is 0 Å². The fraction of sp³-hybridized carbons (Fsp3) is 0.300. The molecule has 0 saturated heterocycles. The number of carbonyl (C=O) groups is 1. The lowest BCUT2D eigenvalue weighted by atomic mass is 10.1. The molecule has 0 aliphatic rings. The van der Waals surface area contributed by atoms with Crippen molar-refractivity contribution in [1.29, 1.82) is 0 Å². The molecular weight excluding hydrogens is 270 g/mol. The molecule has 1 aromatic rings. The van der Waals surface area contributed by atoms with Crippen LogP contribution in [0.3, 0.4) is 0 Å². The summed E-state index contributed by atoms with van der Waals surface area (Å²) in [7, 11) is 1.46. The molecule has 0 spiro atoms. The number of ketones is 1. The molecule has 0 aliphatic carbocycles. The number of carbonyl (C=O) groups excluding carboxylic acids is 1. The molecule has 0 heterocycles. The summed E-state index contributed by atoms with van der Waals surface area (Å²) in [5.41, 5.74) is -0.0275. The second-order valence-electron chi connectivity index (χ2n) is 2.90. The Morgan fingerprint density at radius 1 is 1.40 bits per heavy atom. The van der Waals surface area contributed by atoms with E-state index in [-0.39, 0.29) is 5.56 Å². The summed E-state index contributed by atoms with van der Waals surface area (Å²) in [5, 5.41) is -0.676. The summed E-state index contributed by atoms with van der Waals surface area (Å²) < 4.78 is 30.8. The minimum atomic E-state index is -3.37. The average molecular weight is 279 g/mol. The predicted molar refractivity (Wildman–Crippen MR) is 56.1 cm³/mol. The van der Waals surface area contributed by atoms with Crippen LogP contribution < -0.4 is 4.74 Å². The summed E-state index contributed by atoms with van der Waals surface area (Å²) in [6.07, 6.45) is 0. The third-order valence-electron chi connectivity index (χ3n) is 1.85. The Labute approximate surface area is 94.4 Å². The zero-order chi connectivity index (χ0) is 11.5.